The van der Waals surface area contributed by atoms with Gasteiger partial charge in [0.2, 0.25) is 0 Å². The molecule has 0 unspecified atom stereocenters. The third-order valence-corrected chi connectivity index (χ3v) is 25.8. The van der Waals surface area contributed by atoms with Gasteiger partial charge in [0.25, 0.3) is 0 Å². The molecule has 0 heterocycles. The number of esters is 4. The van der Waals surface area contributed by atoms with E-state index in [-0.39, 0.29) is 75.3 Å². The summed E-state index contributed by atoms with van der Waals surface area (Å²) in [5, 5.41) is 0. The molecule has 14 nitrogen and oxygen atoms in total. The fourth-order valence-electron chi connectivity index (χ4n) is 16.1. The summed E-state index contributed by atoms with van der Waals surface area (Å²) < 4.78 is 93.9. The quantitative estimate of drug-likeness (QED) is 0.0150. The van der Waals surface area contributed by atoms with Gasteiger partial charge in [-0.05, 0) is 153 Å². The van der Waals surface area contributed by atoms with Gasteiger partial charge in [-0.1, -0.05) is 448 Å². The van der Waals surface area contributed by atoms with Gasteiger partial charge in [-0.3, -0.25) is 0 Å². The Morgan fingerprint density at radius 2 is 0.368 bits per heavy atom. The molecule has 0 spiro atoms. The number of rotatable bonds is 90. The first-order valence-electron chi connectivity index (χ1n) is 52.1. The van der Waals surface area contributed by atoms with Gasteiger partial charge in [-0.15, -0.1) is 0 Å². The van der Waals surface area contributed by atoms with Crippen molar-refractivity contribution in [2.24, 2.45) is 0 Å². The van der Waals surface area contributed by atoms with Crippen molar-refractivity contribution in [1.29, 1.82) is 0 Å². The van der Waals surface area contributed by atoms with Crippen LogP contribution in [0.4, 0.5) is 0 Å². The van der Waals surface area contributed by atoms with Gasteiger partial charge in [-0.25, -0.2) is 36.0 Å². The summed E-state index contributed by atoms with van der Waals surface area (Å²) in [4.78, 5) is 50.6. The van der Waals surface area contributed by atoms with Crippen LogP contribution in [0.3, 0.4) is 0 Å². The molecule has 0 atom stereocenters. The molecule has 0 saturated carbocycles. The van der Waals surface area contributed by atoms with E-state index in [1.54, 1.807) is 0 Å². The van der Waals surface area contributed by atoms with Crippen LogP contribution in [-0.4, -0.2) is 114 Å². The third kappa shape index (κ3) is 76.6. The molecule has 0 aliphatic rings. The van der Waals surface area contributed by atoms with Gasteiger partial charge in [0, 0.05) is 0 Å². The molecule has 0 fully saturated rings. The van der Waals surface area contributed by atoms with Crippen molar-refractivity contribution in [1.82, 2.24) is 0 Å². The number of benzene rings is 2. The Morgan fingerprint density at radius 3 is 0.528 bits per heavy atom. The van der Waals surface area contributed by atoms with Gasteiger partial charge in [0.15, 0.2) is 0 Å². The SMILES string of the molecule is CCCCCCCCCCCC/C=C/CCCCCCCCCOC(=O)c1cccc(S(=O)(=O)[O-])c1C(=O)OCCCCCCCCC/C=C/CCCCCCCCCCCC.CCCCCCCCCCCC/C=C/CCCCCCCCCOC(=O)c1cccc(S(=O)(=O)[O-])c1C(=O)OCCCCCCCCC/C=C/CCCCCCCCCCCC.[Ca+2]. The van der Waals surface area contributed by atoms with Crippen LogP contribution in [0.25, 0.3) is 0 Å². The molecule has 2 rings (SSSR count). The topological polar surface area (TPSA) is 220 Å². The largest absolute Gasteiger partial charge is 2.00 e. The molecule has 2 aromatic carbocycles. The molecule has 0 radical (unpaired) electrons. The number of allylic oxidation sites excluding steroid dienone is 8. The van der Waals surface area contributed by atoms with Crippen LogP contribution in [0.1, 0.15) is 557 Å². The number of unbranched alkanes of at least 4 members (excludes halogenated alkanes) is 68. The van der Waals surface area contributed by atoms with E-state index in [1.807, 2.05) is 0 Å². The van der Waals surface area contributed by atoms with Gasteiger partial charge >= 0.3 is 61.6 Å². The molecule has 0 saturated heterocycles. The van der Waals surface area contributed by atoms with Crippen molar-refractivity contribution in [3.63, 3.8) is 0 Å². The van der Waals surface area contributed by atoms with E-state index >= 15 is 0 Å². The monoisotopic (exact) mass is 1810 g/mol. The Labute approximate surface area is 798 Å². The fraction of sp³-hybridized carbons (Fsp3) is 0.778. The van der Waals surface area contributed by atoms with E-state index in [2.05, 4.69) is 76.3 Å². The molecule has 125 heavy (non-hydrogen) atoms. The van der Waals surface area contributed by atoms with Crippen molar-refractivity contribution < 1.29 is 64.1 Å². The summed E-state index contributed by atoms with van der Waals surface area (Å²) >= 11 is 0. The van der Waals surface area contributed by atoms with Crippen LogP contribution in [0.2, 0.25) is 0 Å². The second-order valence-corrected chi connectivity index (χ2v) is 38.3. The minimum Gasteiger partial charge on any atom is -0.744 e. The van der Waals surface area contributed by atoms with Crippen molar-refractivity contribution >= 4 is 81.9 Å². The first-order valence-corrected chi connectivity index (χ1v) is 54.9. The molecular weight excluding hydrogens is 1630 g/mol. The van der Waals surface area contributed by atoms with Crippen molar-refractivity contribution in [3.8, 4) is 0 Å². The molecule has 0 aliphatic heterocycles. The predicted octanol–water partition coefficient (Wildman–Crippen LogP) is 33.4. The van der Waals surface area contributed by atoms with Crippen LogP contribution < -0.4 is 0 Å². The van der Waals surface area contributed by atoms with Crippen LogP contribution >= 0.6 is 0 Å². The Bertz CT molecular complexity index is 2950. The standard InChI is InChI=1S/2C54H94O7S.Ca/c2*1-3-5-7-9-11-13-15-17-19-21-23-25-27-29-31-33-35-37-39-41-43-48-60-53(55)50-46-45-47-51(62(57,58)59)52(50)54(56)61-49-44-42-40-38-36-34-32-30-28-26-24-22-20-18-16-14-12-10-8-6-4-2;/h2*25-28,45-47H,3-24,29-44,48-49H2,1-2H3,(H,57,58,59);/q;;+2/p-2/b2*27-25+,28-26+;. The first-order chi connectivity index (χ1) is 60.6. The van der Waals surface area contributed by atoms with E-state index < -0.39 is 65.0 Å². The molecule has 2 aromatic rings. The normalized spacial score (nSPS) is 11.8. The number of hydrogen-bond acceptors (Lipinski definition) is 14. The number of carbonyl (C=O) groups excluding carboxylic acids is 4. The zero-order chi connectivity index (χ0) is 90.1. The first kappa shape index (κ1) is 121. The number of hydrogen-bond donors (Lipinski definition) is 0. The minimum absolute atomic E-state index is 0. The van der Waals surface area contributed by atoms with Crippen LogP contribution in [0, 0.1) is 0 Å². The summed E-state index contributed by atoms with van der Waals surface area (Å²) in [6, 6.07) is 7.27. The third-order valence-electron chi connectivity index (χ3n) is 24.0. The van der Waals surface area contributed by atoms with E-state index in [0.717, 1.165) is 115 Å². The number of ether oxygens (including phenoxy) is 4. The molecule has 0 N–H and O–H groups in total. The van der Waals surface area contributed by atoms with Gasteiger partial charge < -0.3 is 28.1 Å². The van der Waals surface area contributed by atoms with Crippen LogP contribution in [0.5, 0.6) is 0 Å². The maximum atomic E-state index is 13.1. The molecule has 17 heteroatoms. The molecule has 716 valence electrons. The Morgan fingerprint density at radius 1 is 0.224 bits per heavy atom. The zero-order valence-electron chi connectivity index (χ0n) is 80.9. The Kier molecular flexibility index (Phi) is 89.5. The summed E-state index contributed by atoms with van der Waals surface area (Å²) in [5.41, 5.74) is -1.56. The smallest absolute Gasteiger partial charge is 0.744 e. The van der Waals surface area contributed by atoms with Gasteiger partial charge in [0.05, 0.1) is 58.5 Å². The molecule has 0 amide bonds. The summed E-state index contributed by atoms with van der Waals surface area (Å²) in [6.07, 6.45) is 112. The van der Waals surface area contributed by atoms with Crippen LogP contribution in [-0.2, 0) is 39.2 Å². The summed E-state index contributed by atoms with van der Waals surface area (Å²) in [6.45, 7) is 9.56. The molecule has 0 bridgehead atoms. The van der Waals surface area contributed by atoms with Crippen molar-refractivity contribution in [3.05, 3.63) is 107 Å². The van der Waals surface area contributed by atoms with E-state index in [1.165, 1.54) is 384 Å². The molecule has 0 aliphatic carbocycles. The average molecular weight is 1810 g/mol. The van der Waals surface area contributed by atoms with Crippen LogP contribution in [0.15, 0.2) is 94.8 Å². The summed E-state index contributed by atoms with van der Waals surface area (Å²) in [5.74, 6) is -3.63. The number of carbonyl (C=O) groups is 4. The zero-order valence-corrected chi connectivity index (χ0v) is 84.7. The second-order valence-electron chi connectivity index (χ2n) is 35.6. The molecule has 0 aromatic heterocycles. The maximum absolute atomic E-state index is 13.1. The maximum Gasteiger partial charge on any atom is 2.00 e. The Balaban J connectivity index is 0.00000244. The van der Waals surface area contributed by atoms with E-state index in [4.69, 9.17) is 18.9 Å². The van der Waals surface area contributed by atoms with E-state index in [9.17, 15) is 45.1 Å². The van der Waals surface area contributed by atoms with Gasteiger partial charge in [-0.2, -0.15) is 0 Å². The summed E-state index contributed by atoms with van der Waals surface area (Å²) in [7, 11) is -10.0. The van der Waals surface area contributed by atoms with E-state index in [0.29, 0.717) is 25.7 Å². The van der Waals surface area contributed by atoms with Gasteiger partial charge in [0.1, 0.15) is 20.2 Å². The predicted molar refractivity (Wildman–Crippen MR) is 526 cm³/mol. The van der Waals surface area contributed by atoms with Crippen molar-refractivity contribution in [2.75, 3.05) is 26.4 Å². The minimum atomic E-state index is -5.02. The van der Waals surface area contributed by atoms with Crippen molar-refractivity contribution in [2.45, 2.75) is 525 Å². The fourth-order valence-corrected chi connectivity index (χ4v) is 17.5. The Hall–Kier alpha value is -3.64. The molecular formula is C108H186CaO14S2. The second kappa shape index (κ2) is 92.2. The average Bonchev–Trinajstić information content (AvgIpc) is 0.795.